The standard InChI is InChI=1S/C8H12N2/c1-4-5-8-6-10(3)9-7(8)2/h4-6H,1-3H3/b5-4+. The molecule has 0 aromatic carbocycles. The monoisotopic (exact) mass is 136 g/mol. The van der Waals surface area contributed by atoms with E-state index < -0.39 is 0 Å². The Morgan fingerprint density at radius 1 is 1.60 bits per heavy atom. The molecule has 54 valence electrons. The number of allylic oxidation sites excluding steroid dienone is 1. The van der Waals surface area contributed by atoms with Crippen LogP contribution in [0.25, 0.3) is 6.08 Å². The fraction of sp³-hybridized carbons (Fsp3) is 0.375. The van der Waals surface area contributed by atoms with Crippen LogP contribution in [-0.2, 0) is 7.05 Å². The van der Waals surface area contributed by atoms with E-state index in [4.69, 9.17) is 0 Å². The van der Waals surface area contributed by atoms with Gasteiger partial charge in [-0.3, -0.25) is 4.68 Å². The van der Waals surface area contributed by atoms with Gasteiger partial charge >= 0.3 is 0 Å². The normalized spacial score (nSPS) is 11.1. The molecule has 0 saturated heterocycles. The number of nitrogens with zero attached hydrogens (tertiary/aromatic N) is 2. The summed E-state index contributed by atoms with van der Waals surface area (Å²) in [6.07, 6.45) is 6.08. The summed E-state index contributed by atoms with van der Waals surface area (Å²) < 4.78 is 1.82. The molecule has 0 aliphatic rings. The first-order chi connectivity index (χ1) is 4.74. The molecule has 0 fully saturated rings. The lowest BCUT2D eigenvalue weighted by atomic mass is 10.2. The second-order valence-electron chi connectivity index (χ2n) is 2.34. The van der Waals surface area contributed by atoms with E-state index in [1.807, 2.05) is 37.8 Å². The molecule has 2 heteroatoms. The van der Waals surface area contributed by atoms with Gasteiger partial charge in [0, 0.05) is 18.8 Å². The summed E-state index contributed by atoms with van der Waals surface area (Å²) in [4.78, 5) is 0. The van der Waals surface area contributed by atoms with Crippen LogP contribution in [0.1, 0.15) is 18.2 Å². The lowest BCUT2D eigenvalue weighted by Gasteiger charge is -1.82. The Kier molecular flexibility index (Phi) is 1.90. The minimum atomic E-state index is 1.08. The number of hydrogen-bond acceptors (Lipinski definition) is 1. The average Bonchev–Trinajstić information content (AvgIpc) is 2.13. The number of hydrogen-bond donors (Lipinski definition) is 0. The SMILES string of the molecule is C/C=C/c1cn(C)nc1C. The first-order valence-electron chi connectivity index (χ1n) is 3.37. The Labute approximate surface area is 61.2 Å². The van der Waals surface area contributed by atoms with Crippen molar-refractivity contribution in [2.24, 2.45) is 7.05 Å². The number of rotatable bonds is 1. The van der Waals surface area contributed by atoms with E-state index in [0.29, 0.717) is 0 Å². The first-order valence-corrected chi connectivity index (χ1v) is 3.37. The second kappa shape index (κ2) is 2.69. The fourth-order valence-electron chi connectivity index (χ4n) is 0.961. The van der Waals surface area contributed by atoms with Gasteiger partial charge in [-0.15, -0.1) is 0 Å². The predicted octanol–water partition coefficient (Wildman–Crippen LogP) is 1.76. The number of aryl methyl sites for hydroxylation is 2. The highest BCUT2D eigenvalue weighted by atomic mass is 15.2. The molecule has 1 rings (SSSR count). The highest BCUT2D eigenvalue weighted by Gasteiger charge is 1.95. The summed E-state index contributed by atoms with van der Waals surface area (Å²) in [5, 5.41) is 4.20. The molecule has 0 aliphatic carbocycles. The molecule has 0 unspecified atom stereocenters. The van der Waals surface area contributed by atoms with Crippen molar-refractivity contribution < 1.29 is 0 Å². The molecule has 0 aliphatic heterocycles. The van der Waals surface area contributed by atoms with Crippen molar-refractivity contribution in [1.82, 2.24) is 9.78 Å². The van der Waals surface area contributed by atoms with Crippen molar-refractivity contribution in [3.05, 3.63) is 23.5 Å². The van der Waals surface area contributed by atoms with Gasteiger partial charge in [0.1, 0.15) is 0 Å². The van der Waals surface area contributed by atoms with Crippen molar-refractivity contribution in [2.75, 3.05) is 0 Å². The van der Waals surface area contributed by atoms with E-state index in [0.717, 1.165) is 5.69 Å². The van der Waals surface area contributed by atoms with Crippen LogP contribution in [-0.4, -0.2) is 9.78 Å². The summed E-state index contributed by atoms with van der Waals surface area (Å²) in [6.45, 7) is 4.02. The smallest absolute Gasteiger partial charge is 0.0665 e. The zero-order valence-electron chi connectivity index (χ0n) is 6.63. The molecule has 10 heavy (non-hydrogen) atoms. The summed E-state index contributed by atoms with van der Waals surface area (Å²) in [7, 11) is 1.93. The van der Waals surface area contributed by atoms with Crippen LogP contribution >= 0.6 is 0 Å². The van der Waals surface area contributed by atoms with Gasteiger partial charge in [0.25, 0.3) is 0 Å². The Morgan fingerprint density at radius 2 is 2.30 bits per heavy atom. The molecule has 0 radical (unpaired) electrons. The molecule has 0 atom stereocenters. The minimum Gasteiger partial charge on any atom is -0.275 e. The molecule has 2 nitrogen and oxygen atoms in total. The highest BCUT2D eigenvalue weighted by Crippen LogP contribution is 2.05. The molecule has 0 bridgehead atoms. The van der Waals surface area contributed by atoms with E-state index in [-0.39, 0.29) is 0 Å². The van der Waals surface area contributed by atoms with Gasteiger partial charge < -0.3 is 0 Å². The largest absolute Gasteiger partial charge is 0.275 e. The van der Waals surface area contributed by atoms with Gasteiger partial charge in [-0.25, -0.2) is 0 Å². The third kappa shape index (κ3) is 1.26. The van der Waals surface area contributed by atoms with Crippen LogP contribution in [0.15, 0.2) is 12.3 Å². The second-order valence-corrected chi connectivity index (χ2v) is 2.34. The summed E-state index contributed by atoms with van der Waals surface area (Å²) in [6, 6.07) is 0. The number of aromatic nitrogens is 2. The lowest BCUT2D eigenvalue weighted by Crippen LogP contribution is -1.86. The molecule has 0 spiro atoms. The molecule has 0 saturated carbocycles. The first kappa shape index (κ1) is 7.06. The van der Waals surface area contributed by atoms with Crippen LogP contribution in [0.2, 0.25) is 0 Å². The van der Waals surface area contributed by atoms with Gasteiger partial charge in [-0.05, 0) is 13.8 Å². The Balaban J connectivity index is 3.03. The van der Waals surface area contributed by atoms with Crippen molar-refractivity contribution in [3.63, 3.8) is 0 Å². The Bertz CT molecular complexity index is 246. The van der Waals surface area contributed by atoms with Crippen LogP contribution < -0.4 is 0 Å². The quantitative estimate of drug-likeness (QED) is 0.575. The van der Waals surface area contributed by atoms with Gasteiger partial charge in [-0.2, -0.15) is 5.10 Å². The molecule has 1 aromatic rings. The zero-order chi connectivity index (χ0) is 7.56. The van der Waals surface area contributed by atoms with Crippen molar-refractivity contribution in [1.29, 1.82) is 0 Å². The Morgan fingerprint density at radius 3 is 2.70 bits per heavy atom. The van der Waals surface area contributed by atoms with Gasteiger partial charge in [0.15, 0.2) is 0 Å². The third-order valence-corrected chi connectivity index (χ3v) is 1.40. The maximum atomic E-state index is 4.20. The highest BCUT2D eigenvalue weighted by molar-refractivity contribution is 5.49. The van der Waals surface area contributed by atoms with Crippen molar-refractivity contribution in [3.8, 4) is 0 Å². The summed E-state index contributed by atoms with van der Waals surface area (Å²) >= 11 is 0. The van der Waals surface area contributed by atoms with E-state index in [9.17, 15) is 0 Å². The third-order valence-electron chi connectivity index (χ3n) is 1.40. The molecule has 1 heterocycles. The van der Waals surface area contributed by atoms with E-state index >= 15 is 0 Å². The molecule has 1 aromatic heterocycles. The van der Waals surface area contributed by atoms with E-state index in [2.05, 4.69) is 11.2 Å². The van der Waals surface area contributed by atoms with Crippen LogP contribution in [0.5, 0.6) is 0 Å². The van der Waals surface area contributed by atoms with Gasteiger partial charge in [-0.1, -0.05) is 12.2 Å². The summed E-state index contributed by atoms with van der Waals surface area (Å²) in [5.74, 6) is 0. The van der Waals surface area contributed by atoms with E-state index in [1.165, 1.54) is 5.56 Å². The van der Waals surface area contributed by atoms with Crippen LogP contribution in [0.4, 0.5) is 0 Å². The molecular formula is C8H12N2. The van der Waals surface area contributed by atoms with Crippen LogP contribution in [0.3, 0.4) is 0 Å². The molecular weight excluding hydrogens is 124 g/mol. The fourth-order valence-corrected chi connectivity index (χ4v) is 0.961. The summed E-state index contributed by atoms with van der Waals surface area (Å²) in [5.41, 5.74) is 2.28. The predicted molar refractivity (Wildman–Crippen MR) is 42.7 cm³/mol. The van der Waals surface area contributed by atoms with Gasteiger partial charge in [0.05, 0.1) is 5.69 Å². The average molecular weight is 136 g/mol. The topological polar surface area (TPSA) is 17.8 Å². The van der Waals surface area contributed by atoms with E-state index in [1.54, 1.807) is 0 Å². The Hall–Kier alpha value is -1.05. The zero-order valence-corrected chi connectivity index (χ0v) is 6.63. The maximum Gasteiger partial charge on any atom is 0.0665 e. The molecule has 0 amide bonds. The van der Waals surface area contributed by atoms with Crippen molar-refractivity contribution >= 4 is 6.08 Å². The van der Waals surface area contributed by atoms with Crippen LogP contribution in [0, 0.1) is 6.92 Å². The maximum absolute atomic E-state index is 4.20. The lowest BCUT2D eigenvalue weighted by molar-refractivity contribution is 0.756. The van der Waals surface area contributed by atoms with Gasteiger partial charge in [0.2, 0.25) is 0 Å². The van der Waals surface area contributed by atoms with Crippen molar-refractivity contribution in [2.45, 2.75) is 13.8 Å². The molecule has 0 N–H and O–H groups in total. The minimum absolute atomic E-state index is 1.08.